The number of likely N-dealkylation sites (tertiary alicyclic amines) is 1. The molecular weight excluding hydrogens is 480 g/mol. The zero-order chi connectivity index (χ0) is 27.6. The highest BCUT2D eigenvalue weighted by Gasteiger charge is 2.49. The maximum absolute atomic E-state index is 11.1. The number of Topliss-reactive ketones (excluding diaryl/α,β-unsaturated/α-hetero) is 1. The van der Waals surface area contributed by atoms with E-state index in [-0.39, 0.29) is 5.78 Å². The van der Waals surface area contributed by atoms with Crippen molar-refractivity contribution in [1.29, 1.82) is 0 Å². The van der Waals surface area contributed by atoms with E-state index in [0.717, 1.165) is 25.2 Å². The molecule has 2 aliphatic heterocycles. The van der Waals surface area contributed by atoms with Crippen molar-refractivity contribution in [2.75, 3.05) is 33.4 Å². The quantitative estimate of drug-likeness (QED) is 0.327. The molecule has 1 unspecified atom stereocenters. The van der Waals surface area contributed by atoms with E-state index >= 15 is 0 Å². The summed E-state index contributed by atoms with van der Waals surface area (Å²) < 4.78 is 5.30. The summed E-state index contributed by atoms with van der Waals surface area (Å²) in [4.78, 5) is 17.7. The van der Waals surface area contributed by atoms with Crippen LogP contribution < -0.4 is 0 Å². The molecule has 2 saturated heterocycles. The third-order valence-corrected chi connectivity index (χ3v) is 8.51. The van der Waals surface area contributed by atoms with Gasteiger partial charge in [-0.05, 0) is 80.0 Å². The largest absolute Gasteiger partial charge is 0.381 e. The molecule has 1 saturated carbocycles. The van der Waals surface area contributed by atoms with Crippen LogP contribution in [0.25, 0.3) is 5.57 Å². The number of hydrogen-bond donors (Lipinski definition) is 0. The smallest absolute Gasteiger partial charge is 0.161 e. The van der Waals surface area contributed by atoms with Crippen molar-refractivity contribution in [2.45, 2.75) is 58.8 Å². The van der Waals surface area contributed by atoms with Crippen molar-refractivity contribution in [3.05, 3.63) is 106 Å². The van der Waals surface area contributed by atoms with E-state index in [9.17, 15) is 4.79 Å². The van der Waals surface area contributed by atoms with Gasteiger partial charge in [-0.25, -0.2) is 0 Å². The third kappa shape index (κ3) is 6.23. The van der Waals surface area contributed by atoms with Gasteiger partial charge < -0.3 is 9.64 Å². The van der Waals surface area contributed by atoms with Gasteiger partial charge >= 0.3 is 0 Å². The Kier molecular flexibility index (Phi) is 8.16. The van der Waals surface area contributed by atoms with E-state index in [2.05, 4.69) is 86.2 Å². The van der Waals surface area contributed by atoms with Gasteiger partial charge in [0.2, 0.25) is 0 Å². The highest BCUT2D eigenvalue weighted by molar-refractivity contribution is 5.93. The summed E-state index contributed by atoms with van der Waals surface area (Å²) in [6.45, 7) is 12.3. The summed E-state index contributed by atoms with van der Waals surface area (Å²) in [6.07, 6.45) is 7.01. The molecule has 204 valence electrons. The SMILES string of the molecule is CC(=O)c1cncc(C2CCOC2)c1.Cc1ccc(C(=C2CC3(C2)CN(C)C3)c2ccc(C(C)C)cc2)cc1. The number of hydrogen-bond acceptors (Lipinski definition) is 4. The van der Waals surface area contributed by atoms with E-state index in [1.165, 1.54) is 53.8 Å². The van der Waals surface area contributed by atoms with Crippen molar-refractivity contribution < 1.29 is 9.53 Å². The molecule has 1 aliphatic carbocycles. The van der Waals surface area contributed by atoms with Gasteiger partial charge in [0.25, 0.3) is 0 Å². The van der Waals surface area contributed by atoms with Gasteiger partial charge in [0, 0.05) is 49.0 Å². The Labute approximate surface area is 234 Å². The minimum absolute atomic E-state index is 0.0678. The maximum atomic E-state index is 11.1. The van der Waals surface area contributed by atoms with Gasteiger partial charge in [-0.1, -0.05) is 73.5 Å². The van der Waals surface area contributed by atoms with Gasteiger partial charge in [-0.15, -0.1) is 0 Å². The molecule has 0 N–H and O–H groups in total. The summed E-state index contributed by atoms with van der Waals surface area (Å²) in [6, 6.07) is 20.3. The summed E-state index contributed by atoms with van der Waals surface area (Å²) in [7, 11) is 2.23. The van der Waals surface area contributed by atoms with Crippen LogP contribution in [0.4, 0.5) is 0 Å². The van der Waals surface area contributed by atoms with Crippen LogP contribution in [-0.2, 0) is 4.74 Å². The van der Waals surface area contributed by atoms with Crippen LogP contribution in [0, 0.1) is 12.3 Å². The minimum Gasteiger partial charge on any atom is -0.381 e. The molecular formula is C35H42N2O2. The fraction of sp³-hybridized carbons (Fsp3) is 0.429. The molecule has 4 nitrogen and oxygen atoms in total. The fourth-order valence-electron chi connectivity index (χ4n) is 6.35. The Balaban J connectivity index is 0.000000186. The fourth-order valence-corrected chi connectivity index (χ4v) is 6.35. The standard InChI is InChI=1S/C24H29N.C11H13NO2/c1-17(2)19-9-11-21(12-10-19)23(20-7-5-18(3)6-8-20)22-13-24(14-22)15-25(4)16-24;1-8(13)10-4-11(6-12-5-10)9-2-3-14-7-9/h5-12,17H,13-16H2,1-4H3;4-6,9H,2-3,7H2,1H3. The normalized spacial score (nSPS) is 19.7. The van der Waals surface area contributed by atoms with Crippen LogP contribution in [0.3, 0.4) is 0 Å². The lowest BCUT2D eigenvalue weighted by atomic mass is 9.59. The van der Waals surface area contributed by atoms with Crippen LogP contribution in [0.2, 0.25) is 0 Å². The van der Waals surface area contributed by atoms with Crippen molar-refractivity contribution in [1.82, 2.24) is 9.88 Å². The molecule has 0 bridgehead atoms. The Bertz CT molecular complexity index is 1320. The Morgan fingerprint density at radius 2 is 1.62 bits per heavy atom. The zero-order valence-corrected chi connectivity index (χ0v) is 24.2. The van der Waals surface area contributed by atoms with E-state index in [1.54, 1.807) is 18.7 Å². The van der Waals surface area contributed by atoms with Crippen LogP contribution >= 0.6 is 0 Å². The summed E-state index contributed by atoms with van der Waals surface area (Å²) in [5.41, 5.74) is 11.0. The second-order valence-corrected chi connectivity index (χ2v) is 12.3. The minimum atomic E-state index is 0.0678. The molecule has 2 aromatic carbocycles. The molecule has 4 heteroatoms. The lowest BCUT2D eigenvalue weighted by Crippen LogP contribution is -2.58. The summed E-state index contributed by atoms with van der Waals surface area (Å²) in [5.74, 6) is 1.07. The number of carbonyl (C=O) groups excluding carboxylic acids is 1. The molecule has 1 spiro atoms. The van der Waals surface area contributed by atoms with E-state index in [1.807, 2.05) is 12.3 Å². The van der Waals surface area contributed by atoms with Crippen molar-refractivity contribution in [3.63, 3.8) is 0 Å². The molecule has 0 amide bonds. The first-order valence-corrected chi connectivity index (χ1v) is 14.3. The van der Waals surface area contributed by atoms with Crippen LogP contribution in [-0.4, -0.2) is 49.0 Å². The monoisotopic (exact) mass is 522 g/mol. The molecule has 1 aromatic heterocycles. The number of ether oxygens (including phenoxy) is 1. The number of aryl methyl sites for hydroxylation is 1. The van der Waals surface area contributed by atoms with E-state index < -0.39 is 0 Å². The topological polar surface area (TPSA) is 42.4 Å². The zero-order valence-electron chi connectivity index (χ0n) is 24.2. The number of rotatable bonds is 5. The van der Waals surface area contributed by atoms with Crippen molar-refractivity contribution in [3.8, 4) is 0 Å². The molecule has 6 rings (SSSR count). The molecule has 3 fully saturated rings. The number of ketones is 1. The highest BCUT2D eigenvalue weighted by atomic mass is 16.5. The van der Waals surface area contributed by atoms with Gasteiger partial charge in [0.05, 0.1) is 6.61 Å². The summed E-state index contributed by atoms with van der Waals surface area (Å²) >= 11 is 0. The number of nitrogens with zero attached hydrogens (tertiary/aromatic N) is 2. The van der Waals surface area contributed by atoms with Crippen LogP contribution in [0.1, 0.15) is 90.0 Å². The van der Waals surface area contributed by atoms with Crippen molar-refractivity contribution >= 4 is 11.4 Å². The van der Waals surface area contributed by atoms with Gasteiger partial charge in [-0.3, -0.25) is 9.78 Å². The average Bonchev–Trinajstić information content (AvgIpc) is 3.44. The van der Waals surface area contributed by atoms with E-state index in [0.29, 0.717) is 22.8 Å². The van der Waals surface area contributed by atoms with Gasteiger partial charge in [-0.2, -0.15) is 0 Å². The number of allylic oxidation sites excluding steroid dienone is 1. The van der Waals surface area contributed by atoms with E-state index in [4.69, 9.17) is 4.74 Å². The van der Waals surface area contributed by atoms with Gasteiger partial charge in [0.15, 0.2) is 5.78 Å². The van der Waals surface area contributed by atoms with Crippen molar-refractivity contribution in [2.24, 2.45) is 5.41 Å². The first-order valence-electron chi connectivity index (χ1n) is 14.3. The second-order valence-electron chi connectivity index (χ2n) is 12.3. The van der Waals surface area contributed by atoms with Gasteiger partial charge in [0.1, 0.15) is 0 Å². The molecule has 1 atom stereocenters. The van der Waals surface area contributed by atoms with Crippen LogP contribution in [0.15, 0.2) is 72.6 Å². The Morgan fingerprint density at radius 1 is 0.974 bits per heavy atom. The first kappa shape index (κ1) is 27.5. The summed E-state index contributed by atoms with van der Waals surface area (Å²) in [5, 5.41) is 0. The lowest BCUT2D eigenvalue weighted by Gasteiger charge is -2.56. The lowest BCUT2D eigenvalue weighted by molar-refractivity contribution is -0.0106. The highest BCUT2D eigenvalue weighted by Crippen LogP contribution is 2.54. The second kappa shape index (κ2) is 11.6. The molecule has 3 aromatic rings. The third-order valence-electron chi connectivity index (χ3n) is 8.51. The Hall–Kier alpha value is -3.08. The molecule has 0 radical (unpaired) electrons. The molecule has 3 heterocycles. The molecule has 39 heavy (non-hydrogen) atoms. The first-order chi connectivity index (χ1) is 18.7. The number of carbonyl (C=O) groups is 1. The number of pyridine rings is 1. The maximum Gasteiger partial charge on any atom is 0.161 e. The predicted molar refractivity (Wildman–Crippen MR) is 159 cm³/mol. The van der Waals surface area contributed by atoms with Crippen LogP contribution in [0.5, 0.6) is 0 Å². The number of benzene rings is 2. The molecule has 3 aliphatic rings. The Morgan fingerprint density at radius 3 is 2.15 bits per heavy atom. The average molecular weight is 523 g/mol. The number of aromatic nitrogens is 1. The predicted octanol–water partition coefficient (Wildman–Crippen LogP) is 7.43.